The van der Waals surface area contributed by atoms with Crippen LogP contribution in [-0.2, 0) is 12.8 Å². The summed E-state index contributed by atoms with van der Waals surface area (Å²) in [4.78, 5) is 13.0. The lowest BCUT2D eigenvalue weighted by molar-refractivity contribution is 0.0965. The average Bonchev–Trinajstić information content (AvgIpc) is 2.35. The molecule has 1 heteroatoms. The molecule has 0 fully saturated rings. The number of carbonyl (C=O) groups excluding carboxylic acids is 1. The zero-order valence-corrected chi connectivity index (χ0v) is 16.0. The maximum Gasteiger partial charge on any atom is 0.163 e. The summed E-state index contributed by atoms with van der Waals surface area (Å²) >= 11 is 0. The highest BCUT2D eigenvalue weighted by Crippen LogP contribution is 2.42. The molecule has 2 rings (SSSR count). The number of Topliss-reactive ketones (excluding diaryl/α,β-unsaturated/α-hetero) is 1. The average molecular weight is 312 g/mol. The van der Waals surface area contributed by atoms with Crippen LogP contribution in [0.3, 0.4) is 0 Å². The smallest absolute Gasteiger partial charge is 0.163 e. The summed E-state index contributed by atoms with van der Waals surface area (Å²) in [6.45, 7) is 19.5. The Hall–Kier alpha value is -1.37. The quantitative estimate of drug-likeness (QED) is 0.616. The van der Waals surface area contributed by atoms with Gasteiger partial charge in [0, 0.05) is 12.0 Å². The Bertz CT molecular complexity index is 659. The molecule has 1 aliphatic carbocycles. The Morgan fingerprint density at radius 1 is 1.13 bits per heavy atom. The molecular formula is C22H32O. The first-order valence-electron chi connectivity index (χ1n) is 8.89. The Morgan fingerprint density at radius 3 is 2.26 bits per heavy atom. The van der Waals surface area contributed by atoms with E-state index in [-0.39, 0.29) is 5.41 Å². The highest BCUT2D eigenvalue weighted by Gasteiger charge is 2.32. The van der Waals surface area contributed by atoms with Crippen molar-refractivity contribution in [1.82, 2.24) is 0 Å². The number of carbonyl (C=O) groups is 1. The molecule has 1 aromatic rings. The van der Waals surface area contributed by atoms with Crippen molar-refractivity contribution in [2.45, 2.75) is 74.1 Å². The van der Waals surface area contributed by atoms with E-state index < -0.39 is 0 Å². The van der Waals surface area contributed by atoms with Crippen LogP contribution in [0.1, 0.15) is 85.6 Å². The van der Waals surface area contributed by atoms with Gasteiger partial charge in [-0.05, 0) is 79.2 Å². The fraction of sp³-hybridized carbons (Fsp3) is 0.591. The Kier molecular flexibility index (Phi) is 4.89. The first-order valence-corrected chi connectivity index (χ1v) is 8.89. The third-order valence-electron chi connectivity index (χ3n) is 5.25. The normalized spacial score (nSPS) is 16.3. The molecule has 0 amide bonds. The van der Waals surface area contributed by atoms with Crippen LogP contribution in [0.5, 0.6) is 0 Å². The van der Waals surface area contributed by atoms with Gasteiger partial charge in [-0.1, -0.05) is 39.8 Å². The summed E-state index contributed by atoms with van der Waals surface area (Å²) in [5.74, 6) is 0.706. The fourth-order valence-electron chi connectivity index (χ4n) is 4.21. The van der Waals surface area contributed by atoms with Gasteiger partial charge in [-0.15, -0.1) is 0 Å². The van der Waals surface area contributed by atoms with Gasteiger partial charge < -0.3 is 0 Å². The summed E-state index contributed by atoms with van der Waals surface area (Å²) in [5, 5.41) is 0. The first kappa shape index (κ1) is 18.0. The highest BCUT2D eigenvalue weighted by molar-refractivity contribution is 6.01. The number of fused-ring (bicyclic) bond motifs is 1. The van der Waals surface area contributed by atoms with E-state index in [1.165, 1.54) is 28.7 Å². The van der Waals surface area contributed by atoms with Crippen molar-refractivity contribution in [3.63, 3.8) is 0 Å². The predicted molar refractivity (Wildman–Crippen MR) is 100 cm³/mol. The van der Waals surface area contributed by atoms with Crippen LogP contribution in [0.15, 0.2) is 6.58 Å². The van der Waals surface area contributed by atoms with Crippen LogP contribution in [0.2, 0.25) is 0 Å². The number of ketones is 1. The molecule has 1 aliphatic rings. The van der Waals surface area contributed by atoms with Crippen molar-refractivity contribution >= 4 is 11.4 Å². The first-order chi connectivity index (χ1) is 10.5. The lowest BCUT2D eigenvalue weighted by atomic mass is 9.69. The molecule has 0 heterocycles. The van der Waals surface area contributed by atoms with Crippen LogP contribution >= 0.6 is 0 Å². The van der Waals surface area contributed by atoms with Gasteiger partial charge in [0.25, 0.3) is 0 Å². The summed E-state index contributed by atoms with van der Waals surface area (Å²) in [6, 6.07) is 0. The maximum absolute atomic E-state index is 13.0. The van der Waals surface area contributed by atoms with Gasteiger partial charge in [-0.3, -0.25) is 4.79 Å². The maximum atomic E-state index is 13.0. The number of hydrogen-bond acceptors (Lipinski definition) is 1. The molecule has 0 saturated heterocycles. The van der Waals surface area contributed by atoms with Gasteiger partial charge in [0.15, 0.2) is 5.78 Å². The van der Waals surface area contributed by atoms with E-state index in [1.54, 1.807) is 0 Å². The summed E-state index contributed by atoms with van der Waals surface area (Å²) in [7, 11) is 0. The third kappa shape index (κ3) is 3.44. The molecule has 0 aliphatic heterocycles. The minimum atomic E-state index is 0.281. The topological polar surface area (TPSA) is 17.1 Å². The van der Waals surface area contributed by atoms with E-state index in [0.717, 1.165) is 29.5 Å². The minimum absolute atomic E-state index is 0.281. The zero-order chi connectivity index (χ0) is 17.5. The number of hydrogen-bond donors (Lipinski definition) is 0. The number of rotatable bonds is 4. The third-order valence-corrected chi connectivity index (χ3v) is 5.25. The summed E-state index contributed by atoms with van der Waals surface area (Å²) in [5.41, 5.74) is 8.82. The van der Waals surface area contributed by atoms with E-state index in [4.69, 9.17) is 0 Å². The minimum Gasteiger partial charge on any atom is -0.294 e. The zero-order valence-electron chi connectivity index (χ0n) is 16.0. The van der Waals surface area contributed by atoms with E-state index in [2.05, 4.69) is 55.0 Å². The van der Waals surface area contributed by atoms with Crippen molar-refractivity contribution in [3.05, 3.63) is 40.0 Å². The molecular weight excluding hydrogens is 280 g/mol. The summed E-state index contributed by atoms with van der Waals surface area (Å²) < 4.78 is 0. The van der Waals surface area contributed by atoms with Crippen molar-refractivity contribution in [1.29, 1.82) is 0 Å². The molecule has 0 radical (unpaired) electrons. The Morgan fingerprint density at radius 2 is 1.74 bits per heavy atom. The van der Waals surface area contributed by atoms with Crippen molar-refractivity contribution in [3.8, 4) is 0 Å². The van der Waals surface area contributed by atoms with Gasteiger partial charge in [0.2, 0.25) is 0 Å². The molecule has 1 aromatic carbocycles. The molecule has 0 aromatic heterocycles. The van der Waals surface area contributed by atoms with Crippen molar-refractivity contribution in [2.75, 3.05) is 0 Å². The fourth-order valence-corrected chi connectivity index (χ4v) is 4.21. The second kappa shape index (κ2) is 6.26. The second-order valence-corrected chi connectivity index (χ2v) is 8.60. The Labute approximate surface area is 142 Å². The van der Waals surface area contributed by atoms with Gasteiger partial charge in [0.05, 0.1) is 0 Å². The van der Waals surface area contributed by atoms with Crippen molar-refractivity contribution in [2.24, 2.45) is 11.3 Å². The lowest BCUT2D eigenvalue weighted by Gasteiger charge is -2.35. The standard InChI is InChI=1S/C22H32O/c1-13(2)11-19(23)21-16(6)20(14(3)4)15(5)17-9-10-22(7,8)12-18(17)21/h13H,3,9-12H2,1-2,4-8H3. The van der Waals surface area contributed by atoms with Gasteiger partial charge >= 0.3 is 0 Å². The van der Waals surface area contributed by atoms with E-state index >= 15 is 0 Å². The number of benzene rings is 1. The molecule has 0 unspecified atom stereocenters. The molecule has 0 bridgehead atoms. The van der Waals surface area contributed by atoms with Crippen LogP contribution in [0, 0.1) is 25.2 Å². The largest absolute Gasteiger partial charge is 0.294 e. The van der Waals surface area contributed by atoms with Gasteiger partial charge in [0.1, 0.15) is 0 Å². The van der Waals surface area contributed by atoms with Crippen LogP contribution in [0.4, 0.5) is 0 Å². The second-order valence-electron chi connectivity index (χ2n) is 8.60. The molecule has 1 nitrogen and oxygen atoms in total. The van der Waals surface area contributed by atoms with Crippen LogP contribution < -0.4 is 0 Å². The predicted octanol–water partition coefficient (Wildman–Crippen LogP) is 6.08. The highest BCUT2D eigenvalue weighted by atomic mass is 16.1. The SMILES string of the molecule is C=C(C)c1c(C)c2c(c(C(=O)CC(C)C)c1C)CC(C)(C)CC2. The van der Waals surface area contributed by atoms with Crippen molar-refractivity contribution < 1.29 is 4.79 Å². The van der Waals surface area contributed by atoms with E-state index in [1.807, 2.05) is 0 Å². The monoisotopic (exact) mass is 312 g/mol. The van der Waals surface area contributed by atoms with E-state index in [9.17, 15) is 4.79 Å². The van der Waals surface area contributed by atoms with Crippen LogP contribution in [0.25, 0.3) is 5.57 Å². The van der Waals surface area contributed by atoms with Gasteiger partial charge in [-0.25, -0.2) is 0 Å². The summed E-state index contributed by atoms with van der Waals surface area (Å²) in [6.07, 6.45) is 3.92. The lowest BCUT2D eigenvalue weighted by Crippen LogP contribution is -2.27. The molecule has 0 saturated carbocycles. The molecule has 0 spiro atoms. The Balaban J connectivity index is 2.74. The van der Waals surface area contributed by atoms with E-state index in [0.29, 0.717) is 18.1 Å². The van der Waals surface area contributed by atoms with Gasteiger partial charge in [-0.2, -0.15) is 0 Å². The molecule has 23 heavy (non-hydrogen) atoms. The molecule has 126 valence electrons. The molecule has 0 N–H and O–H groups in total. The molecule has 0 atom stereocenters. The van der Waals surface area contributed by atoms with Crippen LogP contribution in [-0.4, -0.2) is 5.78 Å². The number of allylic oxidation sites excluding steroid dienone is 1.